The number of nitrogens with one attached hydrogen (secondary N) is 3. The van der Waals surface area contributed by atoms with Crippen LogP contribution in [-0.2, 0) is 16.0 Å². The Hall–Kier alpha value is -3.61. The van der Waals surface area contributed by atoms with Crippen molar-refractivity contribution in [2.45, 2.75) is 31.0 Å². The molecule has 0 spiro atoms. The average molecular weight is 402 g/mol. The predicted molar refractivity (Wildman–Crippen MR) is 112 cm³/mol. The number of H-pyrrole nitrogens is 1. The molecule has 7 heteroatoms. The number of piperazine rings is 1. The largest absolute Gasteiger partial charge is 0.361 e. The standard InChI is InChI=1S/C23H22N4O3/c28-21(14-6-2-1-3-7-14)25-18-10-11-27-20(18)22(29)26-19(23(27)30)12-15-13-24-17-9-5-4-8-16(15)17/h1-9,13,18-20,24H,10-12H2,(H,25,28)(H,26,29)/t18-,19+,20-/m0/s1. The zero-order chi connectivity index (χ0) is 20.7. The predicted octanol–water partition coefficient (Wildman–Crippen LogP) is 1.61. The van der Waals surface area contributed by atoms with Crippen molar-refractivity contribution in [3.8, 4) is 0 Å². The van der Waals surface area contributed by atoms with E-state index in [9.17, 15) is 14.4 Å². The van der Waals surface area contributed by atoms with Gasteiger partial charge in [0, 0.05) is 35.6 Å². The quantitative estimate of drug-likeness (QED) is 0.619. The second kappa shape index (κ2) is 7.33. The van der Waals surface area contributed by atoms with Gasteiger partial charge in [-0.15, -0.1) is 0 Å². The maximum atomic E-state index is 13.1. The zero-order valence-corrected chi connectivity index (χ0v) is 16.3. The Morgan fingerprint density at radius 1 is 1.07 bits per heavy atom. The van der Waals surface area contributed by atoms with E-state index in [1.165, 1.54) is 0 Å². The van der Waals surface area contributed by atoms with Crippen LogP contribution in [0.2, 0.25) is 0 Å². The number of benzene rings is 2. The topological polar surface area (TPSA) is 94.3 Å². The molecular weight excluding hydrogens is 380 g/mol. The lowest BCUT2D eigenvalue weighted by atomic mass is 9.99. The molecule has 3 heterocycles. The highest BCUT2D eigenvalue weighted by Gasteiger charge is 2.48. The Morgan fingerprint density at radius 2 is 1.83 bits per heavy atom. The molecule has 3 N–H and O–H groups in total. The molecule has 1 aromatic heterocycles. The summed E-state index contributed by atoms with van der Waals surface area (Å²) < 4.78 is 0. The minimum Gasteiger partial charge on any atom is -0.361 e. The van der Waals surface area contributed by atoms with E-state index in [0.29, 0.717) is 24.9 Å². The van der Waals surface area contributed by atoms with Crippen molar-refractivity contribution in [1.82, 2.24) is 20.5 Å². The van der Waals surface area contributed by atoms with Gasteiger partial charge in [-0.05, 0) is 30.2 Å². The number of nitrogens with zero attached hydrogens (tertiary/aromatic N) is 1. The van der Waals surface area contributed by atoms with E-state index < -0.39 is 18.1 Å². The summed E-state index contributed by atoms with van der Waals surface area (Å²) in [4.78, 5) is 43.3. The van der Waals surface area contributed by atoms with E-state index in [4.69, 9.17) is 0 Å². The van der Waals surface area contributed by atoms with Gasteiger partial charge in [0.15, 0.2) is 0 Å². The van der Waals surface area contributed by atoms with Gasteiger partial charge in [0.1, 0.15) is 12.1 Å². The second-order valence-electron chi connectivity index (χ2n) is 7.84. The number of amides is 3. The number of rotatable bonds is 4. The lowest BCUT2D eigenvalue weighted by Gasteiger charge is -2.36. The molecule has 2 aliphatic heterocycles. The fourth-order valence-corrected chi connectivity index (χ4v) is 4.53. The van der Waals surface area contributed by atoms with E-state index in [1.54, 1.807) is 29.2 Å². The number of hydrogen-bond acceptors (Lipinski definition) is 3. The normalized spacial score (nSPS) is 23.3. The number of carbonyl (C=O) groups excluding carboxylic acids is 3. The van der Waals surface area contributed by atoms with Crippen molar-refractivity contribution in [1.29, 1.82) is 0 Å². The molecule has 0 bridgehead atoms. The summed E-state index contributed by atoms with van der Waals surface area (Å²) in [7, 11) is 0. The van der Waals surface area contributed by atoms with Gasteiger partial charge < -0.3 is 20.5 Å². The zero-order valence-electron chi connectivity index (χ0n) is 16.3. The SMILES string of the molecule is O=C(N[C@H]1CCN2C(=O)[C@@H](Cc3c[nH]c4ccccc34)NC(=O)[C@H]12)c1ccccc1. The minimum absolute atomic E-state index is 0.0960. The van der Waals surface area contributed by atoms with Crippen LogP contribution in [0.5, 0.6) is 0 Å². The first-order chi connectivity index (χ1) is 14.6. The summed E-state index contributed by atoms with van der Waals surface area (Å²) >= 11 is 0. The van der Waals surface area contributed by atoms with Gasteiger partial charge in [0.05, 0.1) is 6.04 Å². The first kappa shape index (κ1) is 18.4. The minimum atomic E-state index is -0.663. The van der Waals surface area contributed by atoms with Gasteiger partial charge in [-0.25, -0.2) is 0 Å². The maximum absolute atomic E-state index is 13.1. The van der Waals surface area contributed by atoms with Crippen LogP contribution in [-0.4, -0.2) is 52.3 Å². The van der Waals surface area contributed by atoms with Crippen LogP contribution in [0, 0.1) is 0 Å². The lowest BCUT2D eigenvalue weighted by Crippen LogP contribution is -2.65. The molecule has 0 saturated carbocycles. The van der Waals surface area contributed by atoms with E-state index in [0.717, 1.165) is 16.5 Å². The van der Waals surface area contributed by atoms with E-state index in [-0.39, 0.29) is 17.7 Å². The third-order valence-electron chi connectivity index (χ3n) is 6.02. The Kier molecular flexibility index (Phi) is 4.50. The molecule has 3 atom stereocenters. The van der Waals surface area contributed by atoms with E-state index in [1.807, 2.05) is 36.5 Å². The third kappa shape index (κ3) is 3.12. The van der Waals surface area contributed by atoms with Gasteiger partial charge in [0.25, 0.3) is 5.91 Å². The summed E-state index contributed by atoms with van der Waals surface area (Å²) in [6.45, 7) is 0.459. The van der Waals surface area contributed by atoms with Crippen molar-refractivity contribution in [3.05, 3.63) is 71.9 Å². The highest BCUT2D eigenvalue weighted by atomic mass is 16.2. The maximum Gasteiger partial charge on any atom is 0.251 e. The fraction of sp³-hybridized carbons (Fsp3) is 0.261. The van der Waals surface area contributed by atoms with Crippen LogP contribution in [0.1, 0.15) is 22.3 Å². The number of hydrogen-bond donors (Lipinski definition) is 3. The second-order valence-corrected chi connectivity index (χ2v) is 7.84. The Balaban J connectivity index is 1.31. The summed E-state index contributed by atoms with van der Waals surface area (Å²) in [5.74, 6) is -0.541. The van der Waals surface area contributed by atoms with Gasteiger partial charge in [-0.1, -0.05) is 36.4 Å². The number of aromatic nitrogens is 1. The van der Waals surface area contributed by atoms with E-state index >= 15 is 0 Å². The molecule has 2 saturated heterocycles. The smallest absolute Gasteiger partial charge is 0.251 e. The Bertz CT molecular complexity index is 1120. The number of para-hydroxylation sites is 1. The molecule has 3 amide bonds. The molecule has 2 aliphatic rings. The van der Waals surface area contributed by atoms with Crippen molar-refractivity contribution >= 4 is 28.6 Å². The van der Waals surface area contributed by atoms with Crippen molar-refractivity contribution in [2.24, 2.45) is 0 Å². The fourth-order valence-electron chi connectivity index (χ4n) is 4.53. The summed E-state index contributed by atoms with van der Waals surface area (Å²) in [6, 6.07) is 15.1. The Labute approximate surface area is 173 Å². The summed E-state index contributed by atoms with van der Waals surface area (Å²) in [5, 5.41) is 6.87. The van der Waals surface area contributed by atoms with Gasteiger partial charge >= 0.3 is 0 Å². The first-order valence-corrected chi connectivity index (χ1v) is 10.1. The molecule has 3 aromatic rings. The Morgan fingerprint density at radius 3 is 2.67 bits per heavy atom. The third-order valence-corrected chi connectivity index (χ3v) is 6.02. The molecule has 0 aliphatic carbocycles. The molecule has 152 valence electrons. The average Bonchev–Trinajstić information content (AvgIpc) is 3.37. The summed E-state index contributed by atoms with van der Waals surface area (Å²) in [6.07, 6.45) is 2.88. The van der Waals surface area contributed by atoms with Crippen LogP contribution in [0.4, 0.5) is 0 Å². The summed E-state index contributed by atoms with van der Waals surface area (Å²) in [5.41, 5.74) is 2.54. The first-order valence-electron chi connectivity index (χ1n) is 10.1. The molecule has 0 radical (unpaired) electrons. The lowest BCUT2D eigenvalue weighted by molar-refractivity contribution is -0.147. The van der Waals surface area contributed by atoms with Crippen LogP contribution in [0.15, 0.2) is 60.8 Å². The van der Waals surface area contributed by atoms with Crippen LogP contribution >= 0.6 is 0 Å². The number of carbonyl (C=O) groups is 3. The molecule has 7 nitrogen and oxygen atoms in total. The molecule has 30 heavy (non-hydrogen) atoms. The van der Waals surface area contributed by atoms with Crippen LogP contribution in [0.3, 0.4) is 0 Å². The van der Waals surface area contributed by atoms with Crippen molar-refractivity contribution < 1.29 is 14.4 Å². The highest BCUT2D eigenvalue weighted by molar-refractivity contribution is 6.00. The number of aromatic amines is 1. The monoisotopic (exact) mass is 402 g/mol. The van der Waals surface area contributed by atoms with Crippen LogP contribution in [0.25, 0.3) is 10.9 Å². The highest BCUT2D eigenvalue weighted by Crippen LogP contribution is 2.26. The van der Waals surface area contributed by atoms with Crippen LogP contribution < -0.4 is 10.6 Å². The van der Waals surface area contributed by atoms with Crippen molar-refractivity contribution in [3.63, 3.8) is 0 Å². The number of fused-ring (bicyclic) bond motifs is 2. The molecule has 5 rings (SSSR count). The van der Waals surface area contributed by atoms with Gasteiger partial charge in [-0.3, -0.25) is 14.4 Å². The molecule has 0 unspecified atom stereocenters. The molecule has 2 fully saturated rings. The van der Waals surface area contributed by atoms with Gasteiger partial charge in [-0.2, -0.15) is 0 Å². The molecule has 2 aromatic carbocycles. The van der Waals surface area contributed by atoms with Gasteiger partial charge in [0.2, 0.25) is 11.8 Å². The molecular formula is C23H22N4O3. The van der Waals surface area contributed by atoms with Crippen molar-refractivity contribution in [2.75, 3.05) is 6.54 Å². The van der Waals surface area contributed by atoms with E-state index in [2.05, 4.69) is 15.6 Å².